The molecule has 88 valence electrons. The molecule has 0 saturated heterocycles. The van der Waals surface area contributed by atoms with Gasteiger partial charge >= 0.3 is 0 Å². The molecular formula is C13H19BrN2. The van der Waals surface area contributed by atoms with Crippen LogP contribution in [0.5, 0.6) is 0 Å². The maximum atomic E-state index is 4.41. The number of hydrogen-bond acceptors (Lipinski definition) is 2. The number of rotatable bonds is 2. The van der Waals surface area contributed by atoms with Gasteiger partial charge in [0, 0.05) is 16.7 Å². The van der Waals surface area contributed by atoms with Crippen molar-refractivity contribution >= 4 is 21.7 Å². The molecule has 2 rings (SSSR count). The molecule has 2 atom stereocenters. The average molecular weight is 283 g/mol. The van der Waals surface area contributed by atoms with E-state index >= 15 is 0 Å². The van der Waals surface area contributed by atoms with Crippen molar-refractivity contribution in [3.8, 4) is 0 Å². The van der Waals surface area contributed by atoms with E-state index in [2.05, 4.69) is 46.1 Å². The Morgan fingerprint density at radius 3 is 2.81 bits per heavy atom. The van der Waals surface area contributed by atoms with E-state index in [0.717, 1.165) is 16.2 Å². The number of nitrogens with one attached hydrogen (secondary N) is 1. The van der Waals surface area contributed by atoms with E-state index in [1.54, 1.807) is 0 Å². The maximum absolute atomic E-state index is 4.41. The molecule has 0 bridgehead atoms. The fraction of sp³-hybridized carbons (Fsp3) is 0.615. The lowest BCUT2D eigenvalue weighted by molar-refractivity contribution is 0.349. The van der Waals surface area contributed by atoms with Gasteiger partial charge in [0.2, 0.25) is 0 Å². The van der Waals surface area contributed by atoms with Gasteiger partial charge < -0.3 is 5.32 Å². The van der Waals surface area contributed by atoms with Crippen LogP contribution in [-0.4, -0.2) is 11.0 Å². The first-order valence-corrected chi connectivity index (χ1v) is 6.85. The van der Waals surface area contributed by atoms with Crippen LogP contribution in [-0.2, 0) is 0 Å². The number of halogens is 1. The lowest BCUT2D eigenvalue weighted by Gasteiger charge is -2.30. The van der Waals surface area contributed by atoms with E-state index in [1.807, 2.05) is 6.20 Å². The molecule has 1 saturated carbocycles. The predicted octanol–water partition coefficient (Wildman–Crippen LogP) is 4.14. The molecule has 0 radical (unpaired) electrons. The first-order chi connectivity index (χ1) is 7.66. The first-order valence-electron chi connectivity index (χ1n) is 6.05. The molecule has 1 aromatic heterocycles. The van der Waals surface area contributed by atoms with Crippen LogP contribution in [0.4, 0.5) is 5.82 Å². The van der Waals surface area contributed by atoms with Crippen LogP contribution in [0.15, 0.2) is 16.7 Å². The normalized spacial score (nSPS) is 25.4. The second kappa shape index (κ2) is 5.17. The lowest BCUT2D eigenvalue weighted by atomic mass is 9.86. The molecule has 2 nitrogen and oxygen atoms in total. The third-order valence-electron chi connectivity index (χ3n) is 3.49. The van der Waals surface area contributed by atoms with Crippen molar-refractivity contribution in [3.05, 3.63) is 22.3 Å². The van der Waals surface area contributed by atoms with E-state index in [1.165, 1.54) is 31.2 Å². The van der Waals surface area contributed by atoms with Gasteiger partial charge in [-0.05, 0) is 53.2 Å². The number of aryl methyl sites for hydroxylation is 1. The van der Waals surface area contributed by atoms with Gasteiger partial charge in [0.25, 0.3) is 0 Å². The van der Waals surface area contributed by atoms with Crippen LogP contribution in [0.25, 0.3) is 0 Å². The zero-order valence-corrected chi connectivity index (χ0v) is 11.5. The Balaban J connectivity index is 2.05. The highest BCUT2D eigenvalue weighted by Crippen LogP contribution is 2.27. The molecule has 16 heavy (non-hydrogen) atoms. The Kier molecular flexibility index (Phi) is 3.85. The van der Waals surface area contributed by atoms with Gasteiger partial charge in [-0.1, -0.05) is 19.8 Å². The van der Waals surface area contributed by atoms with Crippen molar-refractivity contribution in [3.63, 3.8) is 0 Å². The quantitative estimate of drug-likeness (QED) is 0.882. The molecule has 1 fully saturated rings. The summed E-state index contributed by atoms with van der Waals surface area (Å²) < 4.78 is 1.08. The Labute approximate surface area is 106 Å². The van der Waals surface area contributed by atoms with Crippen LogP contribution < -0.4 is 5.32 Å². The molecule has 1 aliphatic carbocycles. The van der Waals surface area contributed by atoms with Crippen LogP contribution in [0.3, 0.4) is 0 Å². The van der Waals surface area contributed by atoms with E-state index in [0.29, 0.717) is 6.04 Å². The van der Waals surface area contributed by atoms with E-state index in [-0.39, 0.29) is 0 Å². The molecule has 0 amide bonds. The van der Waals surface area contributed by atoms with Gasteiger partial charge in [0.05, 0.1) is 0 Å². The molecule has 1 N–H and O–H groups in total. The van der Waals surface area contributed by atoms with Crippen molar-refractivity contribution in [1.29, 1.82) is 0 Å². The van der Waals surface area contributed by atoms with Gasteiger partial charge in [-0.3, -0.25) is 0 Å². The standard InChI is InChI=1S/C13H19BrN2/c1-9-5-3-4-6-12(9)16-13-7-10(2)11(14)8-15-13/h7-9,12H,3-6H2,1-2H3,(H,15,16). The van der Waals surface area contributed by atoms with Crippen LogP contribution in [0.2, 0.25) is 0 Å². The van der Waals surface area contributed by atoms with Crippen molar-refractivity contribution in [2.24, 2.45) is 5.92 Å². The fourth-order valence-electron chi connectivity index (χ4n) is 2.34. The first kappa shape index (κ1) is 11.9. The van der Waals surface area contributed by atoms with Gasteiger partial charge in [-0.2, -0.15) is 0 Å². The number of pyridine rings is 1. The molecular weight excluding hydrogens is 264 g/mol. The van der Waals surface area contributed by atoms with Gasteiger partial charge in [-0.15, -0.1) is 0 Å². The third-order valence-corrected chi connectivity index (χ3v) is 4.32. The highest BCUT2D eigenvalue weighted by Gasteiger charge is 2.21. The minimum Gasteiger partial charge on any atom is -0.367 e. The molecule has 1 aliphatic rings. The van der Waals surface area contributed by atoms with Crippen molar-refractivity contribution in [1.82, 2.24) is 4.98 Å². The van der Waals surface area contributed by atoms with E-state index in [4.69, 9.17) is 0 Å². The molecule has 0 aromatic carbocycles. The number of nitrogens with zero attached hydrogens (tertiary/aromatic N) is 1. The van der Waals surface area contributed by atoms with Gasteiger partial charge in [0.15, 0.2) is 0 Å². The number of aromatic nitrogens is 1. The average Bonchev–Trinajstić information content (AvgIpc) is 2.27. The summed E-state index contributed by atoms with van der Waals surface area (Å²) in [5, 5.41) is 3.57. The molecule has 2 unspecified atom stereocenters. The second-order valence-corrected chi connectivity index (χ2v) is 5.69. The molecule has 1 heterocycles. The summed E-state index contributed by atoms with van der Waals surface area (Å²) in [7, 11) is 0. The Bertz CT molecular complexity index is 365. The minimum absolute atomic E-state index is 0.599. The summed E-state index contributed by atoms with van der Waals surface area (Å²) in [5.74, 6) is 1.78. The monoisotopic (exact) mass is 282 g/mol. The largest absolute Gasteiger partial charge is 0.367 e. The lowest BCUT2D eigenvalue weighted by Crippen LogP contribution is -2.30. The number of hydrogen-bond donors (Lipinski definition) is 1. The predicted molar refractivity (Wildman–Crippen MR) is 71.7 cm³/mol. The molecule has 1 aromatic rings. The molecule has 0 spiro atoms. The zero-order chi connectivity index (χ0) is 11.5. The molecule has 3 heteroatoms. The Morgan fingerprint density at radius 1 is 1.38 bits per heavy atom. The maximum Gasteiger partial charge on any atom is 0.126 e. The highest BCUT2D eigenvalue weighted by atomic mass is 79.9. The SMILES string of the molecule is Cc1cc(NC2CCCCC2C)ncc1Br. The summed E-state index contributed by atoms with van der Waals surface area (Å²) in [6.07, 6.45) is 7.22. The Hall–Kier alpha value is -0.570. The summed E-state index contributed by atoms with van der Waals surface area (Å²) in [6.45, 7) is 4.43. The minimum atomic E-state index is 0.599. The summed E-state index contributed by atoms with van der Waals surface area (Å²) >= 11 is 3.48. The topological polar surface area (TPSA) is 24.9 Å². The Morgan fingerprint density at radius 2 is 2.12 bits per heavy atom. The van der Waals surface area contributed by atoms with Crippen molar-refractivity contribution < 1.29 is 0 Å². The van der Waals surface area contributed by atoms with Crippen LogP contribution in [0.1, 0.15) is 38.2 Å². The zero-order valence-electron chi connectivity index (χ0n) is 9.96. The fourth-order valence-corrected chi connectivity index (χ4v) is 2.56. The van der Waals surface area contributed by atoms with Gasteiger partial charge in [0.1, 0.15) is 5.82 Å². The smallest absolute Gasteiger partial charge is 0.126 e. The summed E-state index contributed by atoms with van der Waals surface area (Å²) in [4.78, 5) is 4.41. The summed E-state index contributed by atoms with van der Waals surface area (Å²) in [5.41, 5.74) is 1.24. The van der Waals surface area contributed by atoms with Crippen molar-refractivity contribution in [2.45, 2.75) is 45.6 Å². The van der Waals surface area contributed by atoms with Crippen molar-refractivity contribution in [2.75, 3.05) is 5.32 Å². The second-order valence-electron chi connectivity index (χ2n) is 4.83. The summed E-state index contributed by atoms with van der Waals surface area (Å²) in [6, 6.07) is 2.72. The highest BCUT2D eigenvalue weighted by molar-refractivity contribution is 9.10. The van der Waals surface area contributed by atoms with Crippen LogP contribution in [0, 0.1) is 12.8 Å². The van der Waals surface area contributed by atoms with Crippen LogP contribution >= 0.6 is 15.9 Å². The third kappa shape index (κ3) is 2.76. The van der Waals surface area contributed by atoms with Gasteiger partial charge in [-0.25, -0.2) is 4.98 Å². The number of anilines is 1. The molecule has 0 aliphatic heterocycles. The van der Waals surface area contributed by atoms with E-state index in [9.17, 15) is 0 Å². The van der Waals surface area contributed by atoms with E-state index < -0.39 is 0 Å².